The van der Waals surface area contributed by atoms with E-state index in [9.17, 15) is 0 Å². The Hall–Kier alpha value is -3.80. The van der Waals surface area contributed by atoms with Crippen LogP contribution in [-0.2, 0) is 13.6 Å². The van der Waals surface area contributed by atoms with Crippen molar-refractivity contribution in [2.24, 2.45) is 7.05 Å². The van der Waals surface area contributed by atoms with Crippen LogP contribution in [0.4, 0.5) is 5.82 Å². The average molecular weight is 380 g/mol. The van der Waals surface area contributed by atoms with Gasteiger partial charge in [-0.3, -0.25) is 4.98 Å². The highest BCUT2D eigenvalue weighted by Crippen LogP contribution is 2.25. The van der Waals surface area contributed by atoms with E-state index in [2.05, 4.69) is 34.9 Å². The Morgan fingerprint density at radius 3 is 2.59 bits per heavy atom. The Labute approximate surface area is 168 Å². The SMILES string of the molecule is Cc1cccc2nc(CNc3nc(-c4cccnc4)nc4ccccc34)n(C)c12. The van der Waals surface area contributed by atoms with E-state index in [0.29, 0.717) is 12.4 Å². The standard InChI is InChI=1S/C23H20N6/c1-15-7-5-11-19-21(15)29(2)20(26-19)14-25-23-17-9-3-4-10-18(17)27-22(28-23)16-8-6-12-24-13-16/h3-13H,14H2,1-2H3,(H,25,27,28). The van der Waals surface area contributed by atoms with Crippen LogP contribution in [0.5, 0.6) is 0 Å². The fourth-order valence-electron chi connectivity index (χ4n) is 3.67. The van der Waals surface area contributed by atoms with Crippen molar-refractivity contribution in [1.82, 2.24) is 24.5 Å². The first kappa shape index (κ1) is 17.3. The van der Waals surface area contributed by atoms with Crippen LogP contribution >= 0.6 is 0 Å². The van der Waals surface area contributed by atoms with Gasteiger partial charge in [0.25, 0.3) is 0 Å². The zero-order chi connectivity index (χ0) is 19.8. The molecule has 6 nitrogen and oxygen atoms in total. The molecule has 0 unspecified atom stereocenters. The van der Waals surface area contributed by atoms with Crippen molar-refractivity contribution in [3.05, 3.63) is 78.4 Å². The first-order chi connectivity index (χ1) is 14.2. The van der Waals surface area contributed by atoms with Crippen molar-refractivity contribution < 1.29 is 0 Å². The number of para-hydroxylation sites is 2. The summed E-state index contributed by atoms with van der Waals surface area (Å²) in [6.45, 7) is 2.68. The van der Waals surface area contributed by atoms with Crippen molar-refractivity contribution in [1.29, 1.82) is 0 Å². The van der Waals surface area contributed by atoms with Crippen LogP contribution in [0.2, 0.25) is 0 Å². The zero-order valence-electron chi connectivity index (χ0n) is 16.3. The third kappa shape index (κ3) is 3.08. The van der Waals surface area contributed by atoms with Gasteiger partial charge in [-0.1, -0.05) is 24.3 Å². The topological polar surface area (TPSA) is 68.5 Å². The summed E-state index contributed by atoms with van der Waals surface area (Å²) in [5, 5.41) is 4.46. The summed E-state index contributed by atoms with van der Waals surface area (Å²) in [4.78, 5) is 18.5. The summed E-state index contributed by atoms with van der Waals surface area (Å²) in [7, 11) is 2.05. The summed E-state index contributed by atoms with van der Waals surface area (Å²) in [5.74, 6) is 2.40. The van der Waals surface area contributed by atoms with Gasteiger partial charge in [-0.15, -0.1) is 0 Å². The minimum Gasteiger partial charge on any atom is -0.362 e. The summed E-state index contributed by atoms with van der Waals surface area (Å²) in [6, 6.07) is 18.1. The number of anilines is 1. The molecular weight excluding hydrogens is 360 g/mol. The van der Waals surface area contributed by atoms with Gasteiger partial charge in [-0.2, -0.15) is 0 Å². The molecule has 0 amide bonds. The van der Waals surface area contributed by atoms with E-state index in [0.717, 1.165) is 39.1 Å². The number of imidazole rings is 1. The van der Waals surface area contributed by atoms with Gasteiger partial charge < -0.3 is 9.88 Å². The van der Waals surface area contributed by atoms with Gasteiger partial charge >= 0.3 is 0 Å². The molecule has 2 aromatic carbocycles. The molecule has 29 heavy (non-hydrogen) atoms. The summed E-state index contributed by atoms with van der Waals surface area (Å²) < 4.78 is 2.14. The van der Waals surface area contributed by atoms with Crippen LogP contribution < -0.4 is 5.32 Å². The second kappa shape index (κ2) is 6.98. The molecule has 0 fully saturated rings. The van der Waals surface area contributed by atoms with Crippen LogP contribution in [0.1, 0.15) is 11.4 Å². The first-order valence-electron chi connectivity index (χ1n) is 9.52. The Kier molecular flexibility index (Phi) is 4.17. The van der Waals surface area contributed by atoms with Crippen molar-refractivity contribution in [2.75, 3.05) is 5.32 Å². The molecule has 142 valence electrons. The number of hydrogen-bond acceptors (Lipinski definition) is 5. The van der Waals surface area contributed by atoms with E-state index in [-0.39, 0.29) is 0 Å². The number of rotatable bonds is 4. The predicted molar refractivity (Wildman–Crippen MR) is 116 cm³/mol. The monoisotopic (exact) mass is 380 g/mol. The van der Waals surface area contributed by atoms with Crippen LogP contribution in [-0.4, -0.2) is 24.5 Å². The summed E-state index contributed by atoms with van der Waals surface area (Å²) in [6.07, 6.45) is 3.53. The second-order valence-corrected chi connectivity index (χ2v) is 7.04. The molecule has 1 N–H and O–H groups in total. The molecule has 0 bridgehead atoms. The highest BCUT2D eigenvalue weighted by atomic mass is 15.1. The highest BCUT2D eigenvalue weighted by Gasteiger charge is 2.12. The minimum atomic E-state index is 0.568. The number of nitrogens with zero attached hydrogens (tertiary/aromatic N) is 5. The maximum atomic E-state index is 4.80. The second-order valence-electron chi connectivity index (χ2n) is 7.04. The molecule has 0 aliphatic rings. The number of aryl methyl sites for hydroxylation is 2. The van der Waals surface area contributed by atoms with Gasteiger partial charge in [-0.05, 0) is 42.8 Å². The Bertz CT molecular complexity index is 1320. The van der Waals surface area contributed by atoms with E-state index >= 15 is 0 Å². The van der Waals surface area contributed by atoms with Crippen molar-refractivity contribution >= 4 is 27.8 Å². The molecule has 0 saturated carbocycles. The third-order valence-electron chi connectivity index (χ3n) is 5.13. The summed E-state index contributed by atoms with van der Waals surface area (Å²) >= 11 is 0. The van der Waals surface area contributed by atoms with Gasteiger partial charge in [0.05, 0.1) is 23.1 Å². The molecule has 5 rings (SSSR count). The molecule has 0 atom stereocenters. The average Bonchev–Trinajstić information content (AvgIpc) is 3.09. The van der Waals surface area contributed by atoms with E-state index in [4.69, 9.17) is 15.0 Å². The zero-order valence-corrected chi connectivity index (χ0v) is 16.3. The quantitative estimate of drug-likeness (QED) is 0.497. The fraction of sp³-hybridized carbons (Fsp3) is 0.130. The number of benzene rings is 2. The lowest BCUT2D eigenvalue weighted by Gasteiger charge is -2.11. The summed E-state index contributed by atoms with van der Waals surface area (Å²) in [5.41, 5.74) is 5.17. The molecule has 0 spiro atoms. The largest absolute Gasteiger partial charge is 0.362 e. The van der Waals surface area contributed by atoms with Crippen LogP contribution in [0, 0.1) is 6.92 Å². The van der Waals surface area contributed by atoms with E-state index < -0.39 is 0 Å². The van der Waals surface area contributed by atoms with E-state index in [1.54, 1.807) is 12.4 Å². The highest BCUT2D eigenvalue weighted by molar-refractivity contribution is 5.90. The lowest BCUT2D eigenvalue weighted by atomic mass is 10.2. The molecule has 3 heterocycles. The van der Waals surface area contributed by atoms with Crippen LogP contribution in [0.3, 0.4) is 0 Å². The molecule has 0 aliphatic carbocycles. The lowest BCUT2D eigenvalue weighted by molar-refractivity contribution is 0.831. The number of aromatic nitrogens is 5. The van der Waals surface area contributed by atoms with Gasteiger partial charge in [-0.25, -0.2) is 15.0 Å². The van der Waals surface area contributed by atoms with Crippen LogP contribution in [0.15, 0.2) is 67.0 Å². The Morgan fingerprint density at radius 1 is 0.897 bits per heavy atom. The normalized spacial score (nSPS) is 11.2. The molecule has 3 aromatic heterocycles. The van der Waals surface area contributed by atoms with Gasteiger partial charge in [0.15, 0.2) is 5.82 Å². The van der Waals surface area contributed by atoms with Gasteiger partial charge in [0.1, 0.15) is 11.6 Å². The Morgan fingerprint density at radius 2 is 1.76 bits per heavy atom. The number of fused-ring (bicyclic) bond motifs is 2. The van der Waals surface area contributed by atoms with Crippen molar-refractivity contribution in [3.8, 4) is 11.4 Å². The molecular formula is C23H20N6. The maximum absolute atomic E-state index is 4.80. The van der Waals surface area contributed by atoms with Crippen molar-refractivity contribution in [3.63, 3.8) is 0 Å². The van der Waals surface area contributed by atoms with Gasteiger partial charge in [0, 0.05) is 30.4 Å². The van der Waals surface area contributed by atoms with E-state index in [1.165, 1.54) is 5.56 Å². The number of pyridine rings is 1. The smallest absolute Gasteiger partial charge is 0.163 e. The fourth-order valence-corrected chi connectivity index (χ4v) is 3.67. The molecule has 6 heteroatoms. The van der Waals surface area contributed by atoms with E-state index in [1.807, 2.05) is 48.5 Å². The number of nitrogens with one attached hydrogen (secondary N) is 1. The van der Waals surface area contributed by atoms with Crippen molar-refractivity contribution in [2.45, 2.75) is 13.5 Å². The third-order valence-corrected chi connectivity index (χ3v) is 5.13. The molecule has 0 aliphatic heterocycles. The molecule has 0 radical (unpaired) electrons. The molecule has 0 saturated heterocycles. The Balaban J connectivity index is 1.55. The molecule has 5 aromatic rings. The first-order valence-corrected chi connectivity index (χ1v) is 9.52. The lowest BCUT2D eigenvalue weighted by Crippen LogP contribution is -2.08. The van der Waals surface area contributed by atoms with Gasteiger partial charge in [0.2, 0.25) is 0 Å². The predicted octanol–water partition coefficient (Wildman–Crippen LogP) is 4.50. The minimum absolute atomic E-state index is 0.568. The number of hydrogen-bond donors (Lipinski definition) is 1. The maximum Gasteiger partial charge on any atom is 0.163 e. The van der Waals surface area contributed by atoms with Crippen LogP contribution in [0.25, 0.3) is 33.3 Å².